The largest absolute Gasteiger partial charge is 0.481 e. The Morgan fingerprint density at radius 3 is 2.06 bits per heavy atom. The number of carboxylic acid groups (broad SMARTS) is 2. The van der Waals surface area contributed by atoms with Crippen LogP contribution in [-0.4, -0.2) is 166 Å². The van der Waals surface area contributed by atoms with E-state index in [0.29, 0.717) is 31.4 Å². The summed E-state index contributed by atoms with van der Waals surface area (Å²) in [5.41, 5.74) is 5.82. The first-order valence-corrected chi connectivity index (χ1v) is 23.1. The fraction of sp³-hybridized carbons (Fsp3) is 0.614. The van der Waals surface area contributed by atoms with Crippen LogP contribution >= 0.6 is 0 Å². The van der Waals surface area contributed by atoms with Crippen molar-refractivity contribution < 1.29 is 63.3 Å². The molecule has 382 valence electrons. The molecule has 0 radical (unpaired) electrons. The zero-order valence-corrected chi connectivity index (χ0v) is 39.1. The molecule has 8 amide bonds. The van der Waals surface area contributed by atoms with Crippen LogP contribution in [0, 0.1) is 11.3 Å². The van der Waals surface area contributed by atoms with E-state index < -0.39 is 134 Å². The molecule has 9 atom stereocenters. The predicted molar refractivity (Wildman–Crippen MR) is 246 cm³/mol. The first kappa shape index (κ1) is 56.4. The molecule has 0 aliphatic carbocycles. The molecule has 0 bridgehead atoms. The minimum Gasteiger partial charge on any atom is -0.481 e. The van der Waals surface area contributed by atoms with E-state index in [9.17, 15) is 63.3 Å². The van der Waals surface area contributed by atoms with Gasteiger partial charge in [0.05, 0.1) is 19.2 Å². The van der Waals surface area contributed by atoms with Crippen LogP contribution in [0.5, 0.6) is 0 Å². The Balaban J connectivity index is 1.75. The lowest BCUT2D eigenvalue weighted by atomic mass is 9.98. The third kappa shape index (κ3) is 18.6. The normalized spacial score (nSPS) is 18.3. The number of carbonyl (C=O) groups is 10. The highest BCUT2D eigenvalue weighted by Crippen LogP contribution is 2.21. The van der Waals surface area contributed by atoms with Gasteiger partial charge in [0.25, 0.3) is 0 Å². The molecule has 1 aromatic rings. The molecule has 0 unspecified atom stereocenters. The number of nitrogens with zero attached hydrogens (tertiary/aromatic N) is 1. The molecule has 25 heteroatoms. The summed E-state index contributed by atoms with van der Waals surface area (Å²) in [5, 5.41) is 59.4. The highest BCUT2D eigenvalue weighted by molar-refractivity contribution is 5.98. The molecule has 2 aliphatic rings. The van der Waals surface area contributed by atoms with Crippen molar-refractivity contribution >= 4 is 65.2 Å². The number of carbonyl (C=O) groups excluding carboxylic acids is 8. The van der Waals surface area contributed by atoms with Crippen molar-refractivity contribution in [1.82, 2.24) is 52.8 Å². The third-order valence-electron chi connectivity index (χ3n) is 11.8. The number of rotatable bonds is 28. The third-order valence-corrected chi connectivity index (χ3v) is 11.8. The second-order valence-corrected chi connectivity index (χ2v) is 17.1. The first-order valence-electron chi connectivity index (χ1n) is 23.1. The van der Waals surface area contributed by atoms with E-state index in [1.807, 2.05) is 0 Å². The Hall–Kier alpha value is -6.89. The van der Waals surface area contributed by atoms with Crippen LogP contribution < -0.4 is 53.6 Å². The van der Waals surface area contributed by atoms with Crippen molar-refractivity contribution in [3.8, 4) is 0 Å². The van der Waals surface area contributed by atoms with Gasteiger partial charge in [-0.05, 0) is 69.9 Å². The molecule has 2 saturated heterocycles. The number of amides is 8. The lowest BCUT2D eigenvalue weighted by Crippen LogP contribution is -2.60. The molecule has 69 heavy (non-hydrogen) atoms. The fourth-order valence-corrected chi connectivity index (χ4v) is 7.67. The summed E-state index contributed by atoms with van der Waals surface area (Å²) in [6.07, 6.45) is 1.28. The maximum absolute atomic E-state index is 14.4. The van der Waals surface area contributed by atoms with Gasteiger partial charge in [-0.1, -0.05) is 50.6 Å². The van der Waals surface area contributed by atoms with Gasteiger partial charge in [0.15, 0.2) is 5.96 Å². The number of hydrogen-bond donors (Lipinski definition) is 14. The lowest BCUT2D eigenvalue weighted by molar-refractivity contribution is -0.144. The van der Waals surface area contributed by atoms with E-state index in [4.69, 9.17) is 11.1 Å². The Kier molecular flexibility index (Phi) is 23.3. The average Bonchev–Trinajstić information content (AvgIpc) is 4.05. The first-order chi connectivity index (χ1) is 32.7. The molecule has 0 spiro atoms. The van der Waals surface area contributed by atoms with Crippen LogP contribution in [-0.2, 0) is 54.4 Å². The number of benzene rings is 1. The topological polar surface area (TPSA) is 393 Å². The van der Waals surface area contributed by atoms with E-state index in [-0.39, 0.29) is 50.6 Å². The van der Waals surface area contributed by atoms with E-state index >= 15 is 0 Å². The second kappa shape index (κ2) is 28.4. The van der Waals surface area contributed by atoms with Crippen LogP contribution in [0.1, 0.15) is 84.1 Å². The van der Waals surface area contributed by atoms with Gasteiger partial charge in [0.1, 0.15) is 42.3 Å². The lowest BCUT2D eigenvalue weighted by Gasteiger charge is -2.31. The molecule has 2 heterocycles. The van der Waals surface area contributed by atoms with Gasteiger partial charge in [0.2, 0.25) is 47.3 Å². The number of likely N-dealkylation sites (tertiary alicyclic amines) is 1. The highest BCUT2D eigenvalue weighted by Gasteiger charge is 2.40. The van der Waals surface area contributed by atoms with Crippen LogP contribution in [0.2, 0.25) is 0 Å². The summed E-state index contributed by atoms with van der Waals surface area (Å²) in [5.74, 6) is -9.61. The van der Waals surface area contributed by atoms with Gasteiger partial charge in [-0.3, -0.25) is 48.6 Å². The zero-order chi connectivity index (χ0) is 51.2. The van der Waals surface area contributed by atoms with Gasteiger partial charge >= 0.3 is 11.9 Å². The Bertz CT molecular complexity index is 1990. The molecule has 1 aromatic carbocycles. The zero-order valence-electron chi connectivity index (χ0n) is 39.1. The number of aliphatic hydroxyl groups is 1. The molecule has 0 aromatic heterocycles. The smallest absolute Gasteiger partial charge is 0.326 e. The molecule has 0 saturated carbocycles. The number of hydrogen-bond acceptors (Lipinski definition) is 13. The quantitative estimate of drug-likeness (QED) is 0.0218. The van der Waals surface area contributed by atoms with E-state index in [1.165, 1.54) is 11.8 Å². The number of nitrogens with two attached hydrogens (primary N) is 1. The van der Waals surface area contributed by atoms with Crippen molar-refractivity contribution in [2.24, 2.45) is 11.7 Å². The van der Waals surface area contributed by atoms with Crippen molar-refractivity contribution in [2.45, 2.75) is 133 Å². The molecule has 3 rings (SSSR count). The summed E-state index contributed by atoms with van der Waals surface area (Å²) >= 11 is 0. The fourth-order valence-electron chi connectivity index (χ4n) is 7.67. The highest BCUT2D eigenvalue weighted by atomic mass is 16.4. The summed E-state index contributed by atoms with van der Waals surface area (Å²) < 4.78 is 0. The van der Waals surface area contributed by atoms with Gasteiger partial charge in [0, 0.05) is 25.9 Å². The van der Waals surface area contributed by atoms with Gasteiger partial charge in [-0.25, -0.2) is 4.79 Å². The van der Waals surface area contributed by atoms with Crippen LogP contribution in [0.4, 0.5) is 0 Å². The maximum Gasteiger partial charge on any atom is 0.326 e. The molecule has 15 N–H and O–H groups in total. The molecule has 2 fully saturated rings. The number of aliphatic carboxylic acids is 2. The van der Waals surface area contributed by atoms with Crippen molar-refractivity contribution in [1.29, 1.82) is 5.41 Å². The number of carboxylic acids is 2. The predicted octanol–water partition coefficient (Wildman–Crippen LogP) is -3.73. The van der Waals surface area contributed by atoms with Gasteiger partial charge in [-0.2, -0.15) is 0 Å². The SMILES string of the molecule is CC[C@H](C)[C@H](NC(=O)CNC(=O)[C@@H]1CCCN1)C(=O)N[C@@H](C)C(=O)N[C@@H](CCC(=O)O)C(=O)N[C@@H](Cc1ccccc1)C(=O)N1CCC[C@H]1C(=O)N[C@@H](CO)C(=O)N[C@@H](CCCNC(=N)N)C(=O)O. The summed E-state index contributed by atoms with van der Waals surface area (Å²) in [4.78, 5) is 132. The summed E-state index contributed by atoms with van der Waals surface area (Å²) in [7, 11) is 0. The Labute approximate surface area is 399 Å². The molecular formula is C44H68N12O13. The summed E-state index contributed by atoms with van der Waals surface area (Å²) in [6, 6.07) is -1.56. The monoisotopic (exact) mass is 973 g/mol. The van der Waals surface area contributed by atoms with Gasteiger partial charge in [-0.15, -0.1) is 0 Å². The van der Waals surface area contributed by atoms with Crippen molar-refractivity contribution in [3.05, 3.63) is 35.9 Å². The van der Waals surface area contributed by atoms with Crippen molar-refractivity contribution in [2.75, 3.05) is 32.8 Å². The van der Waals surface area contributed by atoms with E-state index in [0.717, 1.165) is 6.42 Å². The summed E-state index contributed by atoms with van der Waals surface area (Å²) in [6.45, 7) is 4.35. The minimum atomic E-state index is -1.62. The minimum absolute atomic E-state index is 0.0323. The number of nitrogens with one attached hydrogen (secondary N) is 10. The standard InChI is InChI=1S/C44H68N12O13/c1-4-24(2)35(55-33(58)22-49-37(62)27-13-8-18-47-27)41(66)50-25(3)36(61)51-28(16-17-34(59)60)38(63)53-30(21-26-11-6-5-7-12-26)42(67)56-20-10-15-32(56)40(65)54-31(23-57)39(64)52-29(43(68)69)14-9-19-48-44(45)46/h5-7,11-12,24-25,27-32,35,47,57H,4,8-10,13-23H2,1-3H3,(H,49,62)(H,50,66)(H,51,61)(H,52,64)(H,53,63)(H,54,65)(H,55,58)(H,59,60)(H,68,69)(H4,45,46,48)/t24-,25-,27-,28-,29-,30-,31-,32-,35-/m0/s1. The average molecular weight is 973 g/mol. The molecular weight excluding hydrogens is 905 g/mol. The van der Waals surface area contributed by atoms with Gasteiger partial charge < -0.3 is 73.8 Å². The Morgan fingerprint density at radius 1 is 0.783 bits per heavy atom. The van der Waals surface area contributed by atoms with E-state index in [1.54, 1.807) is 44.2 Å². The molecule has 2 aliphatic heterocycles. The maximum atomic E-state index is 14.4. The number of guanidine groups is 1. The Morgan fingerprint density at radius 2 is 1.45 bits per heavy atom. The molecule has 25 nitrogen and oxygen atoms in total. The van der Waals surface area contributed by atoms with Crippen LogP contribution in [0.3, 0.4) is 0 Å². The number of aliphatic hydroxyl groups excluding tert-OH is 1. The van der Waals surface area contributed by atoms with Crippen molar-refractivity contribution in [3.63, 3.8) is 0 Å². The van der Waals surface area contributed by atoms with Crippen LogP contribution in [0.15, 0.2) is 30.3 Å². The van der Waals surface area contributed by atoms with Crippen LogP contribution in [0.25, 0.3) is 0 Å². The second-order valence-electron chi connectivity index (χ2n) is 17.1. The van der Waals surface area contributed by atoms with E-state index in [2.05, 4.69) is 47.9 Å².